The summed E-state index contributed by atoms with van der Waals surface area (Å²) in [4.78, 5) is 8.82. The van der Waals surface area contributed by atoms with E-state index in [0.717, 1.165) is 37.3 Å². The van der Waals surface area contributed by atoms with E-state index in [4.69, 9.17) is 0 Å². The summed E-state index contributed by atoms with van der Waals surface area (Å²) in [5, 5.41) is 3.59. The van der Waals surface area contributed by atoms with Crippen LogP contribution in [0.4, 0.5) is 0 Å². The Morgan fingerprint density at radius 3 is 2.74 bits per heavy atom. The molecule has 0 aromatic carbocycles. The number of hydrogen-bond acceptors (Lipinski definition) is 3. The lowest BCUT2D eigenvalue weighted by molar-refractivity contribution is 0.486. The average molecular weight is 258 g/mol. The molecule has 0 aliphatic heterocycles. The van der Waals surface area contributed by atoms with Crippen LogP contribution < -0.4 is 5.32 Å². The van der Waals surface area contributed by atoms with Gasteiger partial charge in [0.25, 0.3) is 0 Å². The van der Waals surface area contributed by atoms with Gasteiger partial charge in [0.1, 0.15) is 5.82 Å². The molecule has 0 bridgehead atoms. The van der Waals surface area contributed by atoms with Gasteiger partial charge in [-0.3, -0.25) is 4.98 Å². The fraction of sp³-hybridized carbons (Fsp3) is 0.467. The second-order valence-corrected chi connectivity index (χ2v) is 4.83. The lowest BCUT2D eigenvalue weighted by atomic mass is 10.1. The maximum Gasteiger partial charge on any atom is 0.109 e. The van der Waals surface area contributed by atoms with Crippen LogP contribution in [-0.2, 0) is 19.9 Å². The zero-order valence-corrected chi connectivity index (χ0v) is 11.7. The fourth-order valence-electron chi connectivity index (χ4n) is 2.15. The molecule has 0 saturated heterocycles. The Morgan fingerprint density at radius 1 is 1.21 bits per heavy atom. The SMILES string of the molecule is CCCNC(Cc1ccccn1)Cc1nccn1C. The highest BCUT2D eigenvalue weighted by atomic mass is 15.0. The van der Waals surface area contributed by atoms with Crippen molar-refractivity contribution in [3.05, 3.63) is 48.3 Å². The molecule has 1 atom stereocenters. The van der Waals surface area contributed by atoms with E-state index in [-0.39, 0.29) is 0 Å². The minimum atomic E-state index is 0.385. The highest BCUT2D eigenvalue weighted by Gasteiger charge is 2.13. The fourth-order valence-corrected chi connectivity index (χ4v) is 2.15. The van der Waals surface area contributed by atoms with Gasteiger partial charge in [0.05, 0.1) is 0 Å². The topological polar surface area (TPSA) is 42.7 Å². The number of rotatable bonds is 7. The first-order valence-electron chi connectivity index (χ1n) is 6.89. The first kappa shape index (κ1) is 13.7. The zero-order chi connectivity index (χ0) is 13.5. The summed E-state index contributed by atoms with van der Waals surface area (Å²) in [6.07, 6.45) is 8.71. The molecule has 0 saturated carbocycles. The van der Waals surface area contributed by atoms with Gasteiger partial charge in [-0.25, -0.2) is 4.98 Å². The summed E-state index contributed by atoms with van der Waals surface area (Å²) in [6.45, 7) is 3.22. The lowest BCUT2D eigenvalue weighted by Crippen LogP contribution is -2.34. The van der Waals surface area contributed by atoms with Crippen molar-refractivity contribution in [1.29, 1.82) is 0 Å². The molecule has 2 aromatic rings. The third-order valence-corrected chi connectivity index (χ3v) is 3.21. The van der Waals surface area contributed by atoms with Crippen LogP contribution >= 0.6 is 0 Å². The number of nitrogens with zero attached hydrogens (tertiary/aromatic N) is 3. The first-order chi connectivity index (χ1) is 9.29. The minimum absolute atomic E-state index is 0.385. The highest BCUT2D eigenvalue weighted by Crippen LogP contribution is 2.06. The summed E-state index contributed by atoms with van der Waals surface area (Å²) >= 11 is 0. The van der Waals surface area contributed by atoms with Gasteiger partial charge in [-0.05, 0) is 25.1 Å². The predicted octanol–water partition coefficient (Wildman–Crippen LogP) is 1.97. The van der Waals surface area contributed by atoms with Crippen LogP contribution in [0.2, 0.25) is 0 Å². The largest absolute Gasteiger partial charge is 0.338 e. The van der Waals surface area contributed by atoms with Crippen molar-refractivity contribution in [3.8, 4) is 0 Å². The van der Waals surface area contributed by atoms with E-state index < -0.39 is 0 Å². The first-order valence-corrected chi connectivity index (χ1v) is 6.89. The Kier molecular flexibility index (Phi) is 5.10. The Bertz CT molecular complexity index is 478. The van der Waals surface area contributed by atoms with Crippen LogP contribution in [0.25, 0.3) is 0 Å². The van der Waals surface area contributed by atoms with Crippen LogP contribution in [0.3, 0.4) is 0 Å². The van der Waals surface area contributed by atoms with Crippen molar-refractivity contribution >= 4 is 0 Å². The van der Waals surface area contributed by atoms with E-state index in [1.54, 1.807) is 0 Å². The van der Waals surface area contributed by atoms with Gasteiger partial charge >= 0.3 is 0 Å². The average Bonchev–Trinajstić information content (AvgIpc) is 2.83. The highest BCUT2D eigenvalue weighted by molar-refractivity contribution is 5.07. The van der Waals surface area contributed by atoms with Crippen molar-refractivity contribution < 1.29 is 0 Å². The number of aromatic nitrogens is 3. The molecule has 2 heterocycles. The molecule has 102 valence electrons. The molecular weight excluding hydrogens is 236 g/mol. The molecule has 2 rings (SSSR count). The van der Waals surface area contributed by atoms with Crippen molar-refractivity contribution in [3.63, 3.8) is 0 Å². The van der Waals surface area contributed by atoms with Crippen LogP contribution in [-0.4, -0.2) is 27.1 Å². The number of nitrogens with one attached hydrogen (secondary N) is 1. The summed E-state index contributed by atoms with van der Waals surface area (Å²) < 4.78 is 2.08. The van der Waals surface area contributed by atoms with E-state index >= 15 is 0 Å². The van der Waals surface area contributed by atoms with Crippen molar-refractivity contribution in [2.45, 2.75) is 32.2 Å². The Labute approximate surface area is 114 Å². The monoisotopic (exact) mass is 258 g/mol. The predicted molar refractivity (Wildman–Crippen MR) is 76.9 cm³/mol. The smallest absolute Gasteiger partial charge is 0.109 e. The second-order valence-electron chi connectivity index (χ2n) is 4.83. The zero-order valence-electron chi connectivity index (χ0n) is 11.7. The normalized spacial score (nSPS) is 12.5. The van der Waals surface area contributed by atoms with E-state index in [1.165, 1.54) is 0 Å². The molecule has 19 heavy (non-hydrogen) atoms. The second kappa shape index (κ2) is 7.04. The maximum absolute atomic E-state index is 4.41. The molecule has 4 heteroatoms. The molecule has 0 amide bonds. The third-order valence-electron chi connectivity index (χ3n) is 3.21. The van der Waals surface area contributed by atoms with Crippen molar-refractivity contribution in [2.75, 3.05) is 6.54 Å². The van der Waals surface area contributed by atoms with E-state index in [9.17, 15) is 0 Å². The molecule has 4 nitrogen and oxygen atoms in total. The summed E-state index contributed by atoms with van der Waals surface area (Å²) in [5.41, 5.74) is 1.13. The Hall–Kier alpha value is -1.68. The standard InChI is InChI=1S/C15H22N4/c1-3-7-16-14(11-13-6-4-5-8-17-13)12-15-18-9-10-19(15)2/h4-6,8-10,14,16H,3,7,11-12H2,1-2H3. The third kappa shape index (κ3) is 4.17. The van der Waals surface area contributed by atoms with Crippen molar-refractivity contribution in [2.24, 2.45) is 7.05 Å². The van der Waals surface area contributed by atoms with Crippen LogP contribution in [0, 0.1) is 0 Å². The van der Waals surface area contributed by atoms with E-state index in [1.807, 2.05) is 37.8 Å². The quantitative estimate of drug-likeness (QED) is 0.825. The molecule has 2 aromatic heterocycles. The van der Waals surface area contributed by atoms with Gasteiger partial charge in [-0.15, -0.1) is 0 Å². The summed E-state index contributed by atoms with van der Waals surface area (Å²) in [7, 11) is 2.04. The van der Waals surface area contributed by atoms with E-state index in [0.29, 0.717) is 6.04 Å². The molecule has 1 N–H and O–H groups in total. The Morgan fingerprint density at radius 2 is 2.11 bits per heavy atom. The van der Waals surface area contributed by atoms with Gasteiger partial charge in [-0.1, -0.05) is 13.0 Å². The van der Waals surface area contributed by atoms with Gasteiger partial charge in [0, 0.05) is 50.2 Å². The van der Waals surface area contributed by atoms with Crippen LogP contribution in [0.15, 0.2) is 36.8 Å². The number of imidazole rings is 1. The molecule has 0 spiro atoms. The number of aryl methyl sites for hydroxylation is 1. The van der Waals surface area contributed by atoms with Crippen molar-refractivity contribution in [1.82, 2.24) is 19.9 Å². The molecule has 0 radical (unpaired) electrons. The molecule has 1 unspecified atom stereocenters. The minimum Gasteiger partial charge on any atom is -0.338 e. The summed E-state index contributed by atoms with van der Waals surface area (Å²) in [6, 6.07) is 6.46. The molecular formula is C15H22N4. The lowest BCUT2D eigenvalue weighted by Gasteiger charge is -2.18. The van der Waals surface area contributed by atoms with Gasteiger partial charge in [-0.2, -0.15) is 0 Å². The molecule has 0 aliphatic carbocycles. The van der Waals surface area contributed by atoms with E-state index in [2.05, 4.69) is 32.8 Å². The van der Waals surface area contributed by atoms with Crippen LogP contribution in [0.5, 0.6) is 0 Å². The number of pyridine rings is 1. The van der Waals surface area contributed by atoms with Gasteiger partial charge in [0.15, 0.2) is 0 Å². The molecule has 0 aliphatic rings. The molecule has 0 fully saturated rings. The van der Waals surface area contributed by atoms with Gasteiger partial charge < -0.3 is 9.88 Å². The number of hydrogen-bond donors (Lipinski definition) is 1. The summed E-state index contributed by atoms with van der Waals surface area (Å²) in [5.74, 6) is 1.12. The van der Waals surface area contributed by atoms with Crippen LogP contribution in [0.1, 0.15) is 24.9 Å². The van der Waals surface area contributed by atoms with Gasteiger partial charge in [0.2, 0.25) is 0 Å². The Balaban J connectivity index is 2.01. The maximum atomic E-state index is 4.41.